The zero-order chi connectivity index (χ0) is 22.9. The number of hydrogen-bond donors (Lipinski definition) is 2. The number of nitrogens with one attached hydrogen (secondary N) is 2. The SMILES string of the molecule is COc1cccc(-c2cc(N3[C@H](C)Cc4nc(NC(=O)N[C@H]5CCOC5)sc4[C@@H]3C)no2)n1. The number of amides is 2. The van der Waals surface area contributed by atoms with Crippen molar-refractivity contribution in [2.24, 2.45) is 0 Å². The number of pyridine rings is 1. The lowest BCUT2D eigenvalue weighted by atomic mass is 10.00. The summed E-state index contributed by atoms with van der Waals surface area (Å²) in [5, 5.41) is 10.7. The van der Waals surface area contributed by atoms with E-state index in [4.69, 9.17) is 14.0 Å². The number of fused-ring (bicyclic) bond motifs is 1. The van der Waals surface area contributed by atoms with Crippen LogP contribution in [0.25, 0.3) is 11.5 Å². The number of anilines is 2. The first-order valence-corrected chi connectivity index (χ1v) is 11.7. The van der Waals surface area contributed by atoms with Gasteiger partial charge in [-0.3, -0.25) is 5.32 Å². The Hall–Kier alpha value is -3.18. The number of carbonyl (C=O) groups is 1. The van der Waals surface area contributed by atoms with Crippen LogP contribution in [0.1, 0.15) is 36.9 Å². The average molecular weight is 471 g/mol. The Labute approximate surface area is 195 Å². The minimum Gasteiger partial charge on any atom is -0.481 e. The maximum atomic E-state index is 12.3. The molecule has 3 aromatic heterocycles. The number of methoxy groups -OCH3 is 1. The smallest absolute Gasteiger partial charge is 0.321 e. The molecule has 2 aliphatic heterocycles. The van der Waals surface area contributed by atoms with Crippen molar-refractivity contribution in [1.29, 1.82) is 0 Å². The summed E-state index contributed by atoms with van der Waals surface area (Å²) >= 11 is 1.50. The van der Waals surface area contributed by atoms with Gasteiger partial charge < -0.3 is 24.2 Å². The van der Waals surface area contributed by atoms with E-state index in [9.17, 15) is 4.79 Å². The molecule has 2 amide bonds. The molecule has 5 heterocycles. The van der Waals surface area contributed by atoms with Gasteiger partial charge in [0.25, 0.3) is 0 Å². The Kier molecular flexibility index (Phi) is 5.90. The quantitative estimate of drug-likeness (QED) is 0.581. The Morgan fingerprint density at radius 3 is 2.97 bits per heavy atom. The largest absolute Gasteiger partial charge is 0.481 e. The standard InChI is InChI=1S/C22H26N6O4S/c1-12-9-16-20(33-22(25-16)26-21(29)23-14-7-8-31-11-14)13(2)28(12)18-10-17(32-27-18)15-5-4-6-19(24-15)30-3/h4-6,10,12-14H,7-9,11H2,1-3H3,(H2,23,25,26,29)/t12-,13+,14+/m1/s1. The Morgan fingerprint density at radius 1 is 1.30 bits per heavy atom. The molecule has 1 fully saturated rings. The lowest BCUT2D eigenvalue weighted by Gasteiger charge is -2.37. The Morgan fingerprint density at radius 2 is 2.18 bits per heavy atom. The first kappa shape index (κ1) is 21.7. The van der Waals surface area contributed by atoms with Crippen molar-refractivity contribution in [3.05, 3.63) is 34.8 Å². The van der Waals surface area contributed by atoms with E-state index in [1.807, 2.05) is 18.2 Å². The first-order chi connectivity index (χ1) is 16.0. The zero-order valence-electron chi connectivity index (χ0n) is 18.7. The molecule has 1 saturated heterocycles. The maximum absolute atomic E-state index is 12.3. The summed E-state index contributed by atoms with van der Waals surface area (Å²) in [4.78, 5) is 24.8. The van der Waals surface area contributed by atoms with Crippen LogP contribution >= 0.6 is 11.3 Å². The van der Waals surface area contributed by atoms with Gasteiger partial charge >= 0.3 is 6.03 Å². The van der Waals surface area contributed by atoms with Gasteiger partial charge in [-0.05, 0) is 26.3 Å². The second-order valence-corrected chi connectivity index (χ2v) is 9.27. The van der Waals surface area contributed by atoms with Crippen LogP contribution in [0.4, 0.5) is 15.7 Å². The van der Waals surface area contributed by atoms with E-state index in [0.717, 1.165) is 29.2 Å². The molecule has 2 N–H and O–H groups in total. The van der Waals surface area contributed by atoms with Crippen molar-refractivity contribution in [2.75, 3.05) is 30.5 Å². The fraction of sp³-hybridized carbons (Fsp3) is 0.455. The molecule has 3 atom stereocenters. The Balaban J connectivity index is 1.33. The van der Waals surface area contributed by atoms with E-state index in [0.29, 0.717) is 35.7 Å². The van der Waals surface area contributed by atoms with Gasteiger partial charge in [0.2, 0.25) is 5.88 Å². The van der Waals surface area contributed by atoms with Gasteiger partial charge in [0.1, 0.15) is 5.69 Å². The van der Waals surface area contributed by atoms with E-state index >= 15 is 0 Å². The number of rotatable bonds is 5. The topological polar surface area (TPSA) is 115 Å². The summed E-state index contributed by atoms with van der Waals surface area (Å²) in [5.74, 6) is 1.83. The van der Waals surface area contributed by atoms with Crippen LogP contribution in [-0.2, 0) is 11.2 Å². The molecular formula is C22H26N6O4S. The minimum absolute atomic E-state index is 0.0271. The van der Waals surface area contributed by atoms with E-state index in [-0.39, 0.29) is 24.2 Å². The van der Waals surface area contributed by atoms with Crippen LogP contribution in [0.15, 0.2) is 28.8 Å². The molecule has 0 spiro atoms. The third kappa shape index (κ3) is 4.38. The number of carbonyl (C=O) groups excluding carboxylic acids is 1. The summed E-state index contributed by atoms with van der Waals surface area (Å²) in [7, 11) is 1.58. The molecule has 0 saturated carbocycles. The molecule has 174 valence electrons. The fourth-order valence-corrected chi connectivity index (χ4v) is 5.38. The third-order valence-electron chi connectivity index (χ3n) is 5.92. The molecule has 0 bridgehead atoms. The Bertz CT molecular complexity index is 1140. The number of hydrogen-bond acceptors (Lipinski definition) is 9. The highest BCUT2D eigenvalue weighted by atomic mass is 32.1. The number of thiazole rings is 1. The van der Waals surface area contributed by atoms with Crippen molar-refractivity contribution in [3.63, 3.8) is 0 Å². The summed E-state index contributed by atoms with van der Waals surface area (Å²) in [6.07, 6.45) is 1.58. The minimum atomic E-state index is -0.249. The molecule has 11 heteroatoms. The van der Waals surface area contributed by atoms with E-state index in [1.54, 1.807) is 13.2 Å². The predicted molar refractivity (Wildman–Crippen MR) is 124 cm³/mol. The molecule has 33 heavy (non-hydrogen) atoms. The summed E-state index contributed by atoms with van der Waals surface area (Å²) in [6, 6.07) is 7.39. The van der Waals surface area contributed by atoms with Crippen LogP contribution in [0, 0.1) is 0 Å². The van der Waals surface area contributed by atoms with Crippen LogP contribution in [0.3, 0.4) is 0 Å². The van der Waals surface area contributed by atoms with Gasteiger partial charge in [-0.1, -0.05) is 22.6 Å². The number of aromatic nitrogens is 3. The molecule has 0 aromatic carbocycles. The van der Waals surface area contributed by atoms with Crippen molar-refractivity contribution in [3.8, 4) is 17.3 Å². The predicted octanol–water partition coefficient (Wildman–Crippen LogP) is 3.62. The van der Waals surface area contributed by atoms with E-state index in [2.05, 4.69) is 44.5 Å². The lowest BCUT2D eigenvalue weighted by Crippen LogP contribution is -2.40. The third-order valence-corrected chi connectivity index (χ3v) is 7.10. The normalized spacial score (nSPS) is 22.2. The van der Waals surface area contributed by atoms with Gasteiger partial charge in [0.15, 0.2) is 16.7 Å². The second-order valence-electron chi connectivity index (χ2n) is 8.24. The number of nitrogens with zero attached hydrogens (tertiary/aromatic N) is 4. The molecular weight excluding hydrogens is 444 g/mol. The van der Waals surface area contributed by atoms with E-state index in [1.165, 1.54) is 11.3 Å². The molecule has 0 unspecified atom stereocenters. The van der Waals surface area contributed by atoms with Crippen molar-refractivity contribution in [2.45, 2.75) is 44.8 Å². The van der Waals surface area contributed by atoms with Crippen LogP contribution in [0.2, 0.25) is 0 Å². The summed E-state index contributed by atoms with van der Waals surface area (Å²) < 4.78 is 16.1. The first-order valence-electron chi connectivity index (χ1n) is 10.9. The molecule has 10 nitrogen and oxygen atoms in total. The average Bonchev–Trinajstić information content (AvgIpc) is 3.55. The molecule has 5 rings (SSSR count). The summed E-state index contributed by atoms with van der Waals surface area (Å²) in [6.45, 7) is 5.48. The summed E-state index contributed by atoms with van der Waals surface area (Å²) in [5.41, 5.74) is 1.67. The van der Waals surface area contributed by atoms with Crippen molar-refractivity contribution >= 4 is 28.3 Å². The lowest BCUT2D eigenvalue weighted by molar-refractivity contribution is 0.189. The van der Waals surface area contributed by atoms with Gasteiger partial charge in [0, 0.05) is 31.2 Å². The number of ether oxygens (including phenoxy) is 2. The maximum Gasteiger partial charge on any atom is 0.321 e. The molecule has 3 aromatic rings. The number of urea groups is 1. The molecule has 0 aliphatic carbocycles. The van der Waals surface area contributed by atoms with Gasteiger partial charge in [-0.2, -0.15) is 0 Å². The van der Waals surface area contributed by atoms with Gasteiger partial charge in [0.05, 0.1) is 36.4 Å². The van der Waals surface area contributed by atoms with Gasteiger partial charge in [-0.15, -0.1) is 0 Å². The zero-order valence-corrected chi connectivity index (χ0v) is 19.5. The van der Waals surface area contributed by atoms with Crippen molar-refractivity contribution < 1.29 is 18.8 Å². The second kappa shape index (κ2) is 8.99. The molecule has 2 aliphatic rings. The van der Waals surface area contributed by atoms with Crippen LogP contribution in [0.5, 0.6) is 5.88 Å². The van der Waals surface area contributed by atoms with E-state index < -0.39 is 0 Å². The van der Waals surface area contributed by atoms with Gasteiger partial charge in [-0.25, -0.2) is 14.8 Å². The highest BCUT2D eigenvalue weighted by Crippen LogP contribution is 2.41. The van der Waals surface area contributed by atoms with Crippen LogP contribution < -0.4 is 20.3 Å². The van der Waals surface area contributed by atoms with Crippen molar-refractivity contribution in [1.82, 2.24) is 20.4 Å². The molecule has 0 radical (unpaired) electrons. The highest BCUT2D eigenvalue weighted by molar-refractivity contribution is 7.16. The fourth-order valence-electron chi connectivity index (χ4n) is 4.34. The van der Waals surface area contributed by atoms with Crippen LogP contribution in [-0.4, -0.2) is 53.6 Å². The monoisotopic (exact) mass is 470 g/mol. The highest BCUT2D eigenvalue weighted by Gasteiger charge is 2.34.